The molecule has 17 heavy (non-hydrogen) atoms. The number of carbonyl (C=O) groups excluding carboxylic acids is 1. The average molecular weight is 254 g/mol. The first-order chi connectivity index (χ1) is 8.15. The molecule has 1 N–H and O–H groups in total. The lowest BCUT2D eigenvalue weighted by atomic mass is 10.1. The maximum atomic E-state index is 11.9. The molecule has 0 heterocycles. The molecule has 0 saturated carbocycles. The van der Waals surface area contributed by atoms with Crippen LogP contribution >= 0.6 is 11.6 Å². The Labute approximate surface area is 108 Å². The predicted molar refractivity (Wildman–Crippen MR) is 72.8 cm³/mol. The van der Waals surface area contributed by atoms with Crippen molar-refractivity contribution >= 4 is 17.5 Å². The quantitative estimate of drug-likeness (QED) is 0.611. The molecular weight excluding hydrogens is 234 g/mol. The van der Waals surface area contributed by atoms with Crippen molar-refractivity contribution in [3.05, 3.63) is 34.9 Å². The van der Waals surface area contributed by atoms with Gasteiger partial charge < -0.3 is 5.32 Å². The van der Waals surface area contributed by atoms with Crippen molar-refractivity contribution in [2.75, 3.05) is 12.4 Å². The molecule has 0 aliphatic rings. The number of nitrogens with one attached hydrogen (secondary N) is 1. The zero-order valence-corrected chi connectivity index (χ0v) is 11.3. The van der Waals surface area contributed by atoms with Gasteiger partial charge in [0.05, 0.1) is 0 Å². The van der Waals surface area contributed by atoms with Gasteiger partial charge in [0.25, 0.3) is 5.91 Å². The van der Waals surface area contributed by atoms with E-state index in [9.17, 15) is 4.79 Å². The van der Waals surface area contributed by atoms with Crippen LogP contribution in [0.15, 0.2) is 18.2 Å². The smallest absolute Gasteiger partial charge is 0.251 e. The summed E-state index contributed by atoms with van der Waals surface area (Å²) >= 11 is 5.59. The molecule has 3 heteroatoms. The Hall–Kier alpha value is -1.02. The second-order valence-electron chi connectivity index (χ2n) is 4.32. The summed E-state index contributed by atoms with van der Waals surface area (Å²) in [5, 5.41) is 2.94. The highest BCUT2D eigenvalue weighted by Crippen LogP contribution is 2.10. The Bertz CT molecular complexity index is 376. The number of amides is 1. The summed E-state index contributed by atoms with van der Waals surface area (Å²) in [6.45, 7) is 4.68. The van der Waals surface area contributed by atoms with Crippen molar-refractivity contribution < 1.29 is 4.79 Å². The Morgan fingerprint density at radius 2 is 2.00 bits per heavy atom. The van der Waals surface area contributed by atoms with E-state index in [4.69, 9.17) is 11.6 Å². The number of alkyl halides is 1. The first-order valence-corrected chi connectivity index (χ1v) is 6.60. The minimum Gasteiger partial charge on any atom is -0.352 e. The second kappa shape index (κ2) is 7.33. The predicted octanol–water partition coefficient (Wildman–Crippen LogP) is 3.44. The van der Waals surface area contributed by atoms with E-state index in [-0.39, 0.29) is 5.91 Å². The first-order valence-electron chi connectivity index (χ1n) is 6.06. The molecule has 0 atom stereocenters. The lowest BCUT2D eigenvalue weighted by molar-refractivity contribution is 0.0952. The van der Waals surface area contributed by atoms with Gasteiger partial charge in [-0.05, 0) is 38.3 Å². The van der Waals surface area contributed by atoms with E-state index >= 15 is 0 Å². The summed E-state index contributed by atoms with van der Waals surface area (Å²) in [6.07, 6.45) is 3.07. The average Bonchev–Trinajstić information content (AvgIpc) is 2.32. The Balaban J connectivity index is 2.44. The standard InChI is InChI=1S/C14H20ClNO/c1-11-6-7-12(2)13(10-11)14(17)16-9-5-3-4-8-15/h6-7,10H,3-5,8-9H2,1-2H3,(H,16,17). The molecule has 1 amide bonds. The van der Waals surface area contributed by atoms with Gasteiger partial charge in [0.2, 0.25) is 0 Å². The fourth-order valence-electron chi connectivity index (χ4n) is 1.67. The molecule has 1 aromatic rings. The molecule has 94 valence electrons. The van der Waals surface area contributed by atoms with Gasteiger partial charge in [-0.25, -0.2) is 0 Å². The molecule has 0 spiro atoms. The Morgan fingerprint density at radius 3 is 2.71 bits per heavy atom. The SMILES string of the molecule is Cc1ccc(C)c(C(=O)NCCCCCCl)c1. The molecule has 0 aliphatic heterocycles. The number of unbranched alkanes of at least 4 members (excludes halogenated alkanes) is 2. The molecule has 2 nitrogen and oxygen atoms in total. The maximum absolute atomic E-state index is 11.9. The highest BCUT2D eigenvalue weighted by atomic mass is 35.5. The molecule has 0 unspecified atom stereocenters. The van der Waals surface area contributed by atoms with Gasteiger partial charge in [-0.1, -0.05) is 24.1 Å². The van der Waals surface area contributed by atoms with Gasteiger partial charge >= 0.3 is 0 Å². The monoisotopic (exact) mass is 253 g/mol. The van der Waals surface area contributed by atoms with Gasteiger partial charge in [0, 0.05) is 18.0 Å². The summed E-state index contributed by atoms with van der Waals surface area (Å²) in [5.41, 5.74) is 2.92. The van der Waals surface area contributed by atoms with Crippen molar-refractivity contribution in [2.24, 2.45) is 0 Å². The largest absolute Gasteiger partial charge is 0.352 e. The third-order valence-electron chi connectivity index (χ3n) is 2.73. The Morgan fingerprint density at radius 1 is 1.24 bits per heavy atom. The van der Waals surface area contributed by atoms with Crippen molar-refractivity contribution in [1.29, 1.82) is 0 Å². The van der Waals surface area contributed by atoms with E-state index in [2.05, 4.69) is 5.32 Å². The maximum Gasteiger partial charge on any atom is 0.251 e. The molecule has 0 saturated heterocycles. The molecule has 0 aliphatic carbocycles. The van der Waals surface area contributed by atoms with Crippen LogP contribution in [-0.2, 0) is 0 Å². The highest BCUT2D eigenvalue weighted by molar-refractivity contribution is 6.17. The van der Waals surface area contributed by atoms with Crippen LogP contribution in [0, 0.1) is 13.8 Å². The third-order valence-corrected chi connectivity index (χ3v) is 3.00. The summed E-state index contributed by atoms with van der Waals surface area (Å²) in [4.78, 5) is 11.9. The van der Waals surface area contributed by atoms with E-state index in [0.717, 1.165) is 42.5 Å². The lowest BCUT2D eigenvalue weighted by Crippen LogP contribution is -2.25. The van der Waals surface area contributed by atoms with Gasteiger partial charge in [0.15, 0.2) is 0 Å². The number of hydrogen-bond acceptors (Lipinski definition) is 1. The summed E-state index contributed by atoms with van der Waals surface area (Å²) in [7, 11) is 0. The molecule has 0 fully saturated rings. The first kappa shape index (κ1) is 14.0. The van der Waals surface area contributed by atoms with Crippen LogP contribution in [0.3, 0.4) is 0 Å². The van der Waals surface area contributed by atoms with E-state index in [0.29, 0.717) is 5.88 Å². The molecule has 0 aromatic heterocycles. The molecule has 1 aromatic carbocycles. The van der Waals surface area contributed by atoms with Crippen LogP contribution in [0.5, 0.6) is 0 Å². The van der Waals surface area contributed by atoms with Crippen molar-refractivity contribution in [3.8, 4) is 0 Å². The normalized spacial score (nSPS) is 10.3. The molecular formula is C14H20ClNO. The van der Waals surface area contributed by atoms with Crippen molar-refractivity contribution in [1.82, 2.24) is 5.32 Å². The third kappa shape index (κ3) is 4.78. The van der Waals surface area contributed by atoms with Gasteiger partial charge in [0.1, 0.15) is 0 Å². The van der Waals surface area contributed by atoms with Crippen molar-refractivity contribution in [3.63, 3.8) is 0 Å². The number of halogens is 1. The van der Waals surface area contributed by atoms with Gasteiger partial charge in [-0.3, -0.25) is 4.79 Å². The summed E-state index contributed by atoms with van der Waals surface area (Å²) < 4.78 is 0. The fourth-order valence-corrected chi connectivity index (χ4v) is 1.86. The molecule has 0 bridgehead atoms. The summed E-state index contributed by atoms with van der Waals surface area (Å²) in [5.74, 6) is 0.724. The number of carbonyl (C=O) groups is 1. The zero-order chi connectivity index (χ0) is 12.7. The van der Waals surface area contributed by atoms with E-state index < -0.39 is 0 Å². The molecule has 0 radical (unpaired) electrons. The number of rotatable bonds is 6. The second-order valence-corrected chi connectivity index (χ2v) is 4.70. The minimum absolute atomic E-state index is 0.0251. The van der Waals surface area contributed by atoms with Gasteiger partial charge in [-0.15, -0.1) is 11.6 Å². The summed E-state index contributed by atoms with van der Waals surface area (Å²) in [6, 6.07) is 5.94. The van der Waals surface area contributed by atoms with E-state index in [1.54, 1.807) is 0 Å². The fraction of sp³-hybridized carbons (Fsp3) is 0.500. The van der Waals surface area contributed by atoms with Crippen LogP contribution in [0.4, 0.5) is 0 Å². The van der Waals surface area contributed by atoms with Crippen molar-refractivity contribution in [2.45, 2.75) is 33.1 Å². The Kier molecular flexibility index (Phi) is 6.06. The number of benzene rings is 1. The van der Waals surface area contributed by atoms with Crippen LogP contribution in [0.1, 0.15) is 40.7 Å². The zero-order valence-electron chi connectivity index (χ0n) is 10.6. The topological polar surface area (TPSA) is 29.1 Å². The minimum atomic E-state index is 0.0251. The number of hydrogen-bond donors (Lipinski definition) is 1. The van der Waals surface area contributed by atoms with E-state index in [1.807, 2.05) is 32.0 Å². The van der Waals surface area contributed by atoms with Crippen LogP contribution in [0.2, 0.25) is 0 Å². The van der Waals surface area contributed by atoms with E-state index in [1.165, 1.54) is 0 Å². The molecule has 1 rings (SSSR count). The number of aryl methyl sites for hydroxylation is 2. The van der Waals surface area contributed by atoms with Crippen LogP contribution in [0.25, 0.3) is 0 Å². The van der Waals surface area contributed by atoms with Crippen LogP contribution in [-0.4, -0.2) is 18.3 Å². The van der Waals surface area contributed by atoms with Gasteiger partial charge in [-0.2, -0.15) is 0 Å². The highest BCUT2D eigenvalue weighted by Gasteiger charge is 2.07. The van der Waals surface area contributed by atoms with Crippen LogP contribution < -0.4 is 5.32 Å². The lowest BCUT2D eigenvalue weighted by Gasteiger charge is -2.08.